The van der Waals surface area contributed by atoms with Crippen LogP contribution < -0.4 is 9.47 Å². The minimum Gasteiger partial charge on any atom is -0.493 e. The van der Waals surface area contributed by atoms with Crippen LogP contribution in [0.25, 0.3) is 0 Å². The Kier molecular flexibility index (Phi) is 16.9. The van der Waals surface area contributed by atoms with E-state index >= 15 is 0 Å². The van der Waals surface area contributed by atoms with E-state index in [1.54, 1.807) is 47.0 Å². The number of nitro benzene ring substituents is 1. The molecule has 0 aromatic heterocycles. The van der Waals surface area contributed by atoms with E-state index in [1.807, 2.05) is 30.3 Å². The first-order valence-corrected chi connectivity index (χ1v) is 23.5. The number of allylic oxidation sites excluding steroid dienone is 1. The zero-order valence-corrected chi connectivity index (χ0v) is 38.0. The van der Waals surface area contributed by atoms with Gasteiger partial charge in [-0.2, -0.15) is 0 Å². The topological polar surface area (TPSA) is 162 Å². The number of thioether (sulfide) groups is 1. The Morgan fingerprint density at radius 1 is 1.00 bits per heavy atom. The first kappa shape index (κ1) is 48.2. The minimum absolute atomic E-state index is 0.00579. The maximum Gasteiger partial charge on any atom is 0.410 e. The number of non-ortho nitro benzene ring substituents is 1. The van der Waals surface area contributed by atoms with Crippen LogP contribution in [0.15, 0.2) is 131 Å². The summed E-state index contributed by atoms with van der Waals surface area (Å²) in [5.74, 6) is -0.922. The number of unbranched alkanes of at least 4 members (excludes halogenated alkanes) is 2. The Balaban J connectivity index is 1.38. The van der Waals surface area contributed by atoms with E-state index < -0.39 is 34.6 Å². The third-order valence-corrected chi connectivity index (χ3v) is 13.6. The molecule has 2 N–H and O–H groups in total. The third-order valence-electron chi connectivity index (χ3n) is 12.6. The summed E-state index contributed by atoms with van der Waals surface area (Å²) in [7, 11) is 1.31. The highest BCUT2D eigenvalue weighted by molar-refractivity contribution is 7.99. The second-order valence-corrected chi connectivity index (χ2v) is 17.9. The molecule has 1 aliphatic heterocycles. The SMILES string of the molecule is C=CCOC12Oc3ccc(OCCSc4ccccc4)cc3C3C(CCCCO)C(CCCCO)C=C(C(=NOCc4ccc([N+](=O)[O-])cc4)CC1N(Cc1ccc(F)cc1)C(=O)OC)C32. The third kappa shape index (κ3) is 11.3. The van der Waals surface area contributed by atoms with Gasteiger partial charge in [-0.25, -0.2) is 9.18 Å². The number of aliphatic hydroxyl groups excluding tert-OH is 2. The maximum atomic E-state index is 14.3. The van der Waals surface area contributed by atoms with Gasteiger partial charge >= 0.3 is 6.09 Å². The number of ether oxygens (including phenoxy) is 4. The molecule has 350 valence electrons. The zero-order chi connectivity index (χ0) is 46.5. The Labute approximate surface area is 389 Å². The van der Waals surface area contributed by atoms with Gasteiger partial charge in [0.05, 0.1) is 36.9 Å². The fourth-order valence-electron chi connectivity index (χ4n) is 9.68. The summed E-state index contributed by atoms with van der Waals surface area (Å²) in [5, 5.41) is 36.1. The molecule has 1 saturated carbocycles. The average Bonchev–Trinajstić information content (AvgIpc) is 3.33. The normalized spacial score (nSPS) is 22.3. The van der Waals surface area contributed by atoms with Gasteiger partial charge in [0, 0.05) is 60.4 Å². The van der Waals surface area contributed by atoms with Crippen molar-refractivity contribution in [3.05, 3.63) is 154 Å². The molecule has 0 saturated heterocycles. The number of methoxy groups -OCH3 is 1. The number of halogens is 1. The summed E-state index contributed by atoms with van der Waals surface area (Å²) in [6.45, 7) is 4.64. The number of oxime groups is 1. The minimum atomic E-state index is -1.55. The van der Waals surface area contributed by atoms with Gasteiger partial charge in [0.15, 0.2) is 0 Å². The van der Waals surface area contributed by atoms with E-state index in [9.17, 15) is 29.5 Å². The van der Waals surface area contributed by atoms with Gasteiger partial charge in [-0.15, -0.1) is 18.3 Å². The number of hydrogen-bond acceptors (Lipinski definition) is 12. The van der Waals surface area contributed by atoms with Crippen molar-refractivity contribution in [1.82, 2.24) is 4.90 Å². The second-order valence-electron chi connectivity index (χ2n) is 16.7. The molecule has 7 rings (SSSR count). The van der Waals surface area contributed by atoms with Crippen LogP contribution >= 0.6 is 11.8 Å². The number of benzene rings is 4. The van der Waals surface area contributed by atoms with Crippen molar-refractivity contribution in [2.45, 2.75) is 80.7 Å². The lowest BCUT2D eigenvalue weighted by molar-refractivity contribution is -0.384. The Bertz CT molecular complexity index is 2310. The summed E-state index contributed by atoms with van der Waals surface area (Å²) in [6.07, 6.45) is 7.58. The standard InChI is InChI=1S/C51H58FN3O10S/c1-3-27-63-51-47(54(50(58)61-2)33-35-15-19-38(52)20-16-35)32-45(53-64-34-36-17-21-39(22-18-36)55(59)60)43-30-37(11-7-9-25-56)42(14-8-10-26-57)48(49(43)51)44-31-40(23-24-46(44)65-51)62-28-29-66-41-12-5-4-6-13-41/h3-6,12-13,15-24,30-31,37,42,47-49,56-57H,1,7-11,14,25-29,32-34H2,2H3. The molecule has 0 spiro atoms. The van der Waals surface area contributed by atoms with Crippen molar-refractivity contribution in [3.63, 3.8) is 0 Å². The number of rotatable bonds is 23. The number of amides is 1. The largest absolute Gasteiger partial charge is 0.493 e. The van der Waals surface area contributed by atoms with Gasteiger partial charge in [-0.05, 0) is 109 Å². The molecule has 3 aliphatic rings. The maximum absolute atomic E-state index is 14.3. The monoisotopic (exact) mass is 923 g/mol. The molecule has 66 heavy (non-hydrogen) atoms. The van der Waals surface area contributed by atoms with Crippen LogP contribution in [0.4, 0.5) is 14.9 Å². The Hall–Kier alpha value is -5.74. The molecule has 4 aromatic carbocycles. The molecular weight excluding hydrogens is 866 g/mol. The van der Waals surface area contributed by atoms with Gasteiger partial charge < -0.3 is 34.0 Å². The van der Waals surface area contributed by atoms with E-state index in [4.69, 9.17) is 28.9 Å². The highest BCUT2D eigenvalue weighted by atomic mass is 32.2. The zero-order valence-electron chi connectivity index (χ0n) is 37.2. The molecule has 2 aliphatic carbocycles. The van der Waals surface area contributed by atoms with E-state index in [-0.39, 0.29) is 62.8 Å². The number of carbonyl (C=O) groups excluding carboxylic acids is 1. The lowest BCUT2D eigenvalue weighted by Gasteiger charge is -2.59. The van der Waals surface area contributed by atoms with Gasteiger partial charge in [0.2, 0.25) is 5.79 Å². The van der Waals surface area contributed by atoms with Gasteiger partial charge in [0.25, 0.3) is 5.69 Å². The van der Waals surface area contributed by atoms with Crippen LogP contribution in [0, 0.1) is 33.7 Å². The predicted octanol–water partition coefficient (Wildman–Crippen LogP) is 10.0. The number of carbonyl (C=O) groups is 1. The van der Waals surface area contributed by atoms with Gasteiger partial charge in [-0.3, -0.25) is 15.0 Å². The average molecular weight is 924 g/mol. The molecule has 1 fully saturated rings. The van der Waals surface area contributed by atoms with Crippen molar-refractivity contribution >= 4 is 29.3 Å². The molecule has 1 heterocycles. The number of aliphatic hydroxyl groups is 2. The number of fused-ring (bicyclic) bond motifs is 2. The molecule has 0 radical (unpaired) electrons. The molecule has 6 atom stereocenters. The number of nitro groups is 1. The fraction of sp³-hybridized carbons (Fsp3) is 0.412. The lowest BCUT2D eigenvalue weighted by atomic mass is 9.55. The van der Waals surface area contributed by atoms with Crippen molar-refractivity contribution in [2.75, 3.05) is 39.3 Å². The van der Waals surface area contributed by atoms with E-state index in [2.05, 4.69) is 30.9 Å². The van der Waals surface area contributed by atoms with Crippen molar-refractivity contribution in [3.8, 4) is 11.5 Å². The Morgan fingerprint density at radius 3 is 2.42 bits per heavy atom. The molecule has 0 bridgehead atoms. The van der Waals surface area contributed by atoms with Crippen molar-refractivity contribution in [1.29, 1.82) is 0 Å². The first-order valence-electron chi connectivity index (χ1n) is 22.5. The van der Waals surface area contributed by atoms with Crippen LogP contribution in [0.1, 0.15) is 67.6 Å². The summed E-state index contributed by atoms with van der Waals surface area (Å²) < 4.78 is 40.5. The molecule has 1 amide bonds. The number of nitrogens with zero attached hydrogens (tertiary/aromatic N) is 3. The van der Waals surface area contributed by atoms with Gasteiger partial charge in [0.1, 0.15) is 30.0 Å². The number of hydrogen-bond donors (Lipinski definition) is 2. The quantitative estimate of drug-likeness (QED) is 0.0239. The van der Waals surface area contributed by atoms with Crippen LogP contribution in [0.2, 0.25) is 0 Å². The van der Waals surface area contributed by atoms with Gasteiger partial charge in [-0.1, -0.05) is 60.5 Å². The Morgan fingerprint density at radius 2 is 1.73 bits per heavy atom. The smallest absolute Gasteiger partial charge is 0.410 e. The fourth-order valence-corrected chi connectivity index (χ4v) is 10.4. The highest BCUT2D eigenvalue weighted by Crippen LogP contribution is 2.62. The first-order chi connectivity index (χ1) is 32.2. The summed E-state index contributed by atoms with van der Waals surface area (Å²) in [4.78, 5) is 34.0. The molecule has 4 aromatic rings. The van der Waals surface area contributed by atoms with Crippen molar-refractivity contribution in [2.24, 2.45) is 22.9 Å². The van der Waals surface area contributed by atoms with Crippen LogP contribution in [0.5, 0.6) is 11.5 Å². The molecule has 13 nitrogen and oxygen atoms in total. The highest BCUT2D eigenvalue weighted by Gasteiger charge is 2.65. The molecule has 15 heteroatoms. The summed E-state index contributed by atoms with van der Waals surface area (Å²) in [5.41, 5.74) is 3.56. The van der Waals surface area contributed by atoms with Crippen molar-refractivity contribution < 1.29 is 48.1 Å². The molecular formula is C51H58FN3O10S. The van der Waals surface area contributed by atoms with Crippen LogP contribution in [-0.4, -0.2) is 83.0 Å². The molecule has 6 unspecified atom stereocenters. The lowest BCUT2D eigenvalue weighted by Crippen LogP contribution is -2.70. The van der Waals surface area contributed by atoms with E-state index in [1.165, 1.54) is 31.4 Å². The van der Waals surface area contributed by atoms with Crippen LogP contribution in [-0.2, 0) is 27.5 Å². The summed E-state index contributed by atoms with van der Waals surface area (Å²) >= 11 is 1.71. The second kappa shape index (κ2) is 23.1. The predicted molar refractivity (Wildman–Crippen MR) is 250 cm³/mol. The van der Waals surface area contributed by atoms with Crippen LogP contribution in [0.3, 0.4) is 0 Å². The van der Waals surface area contributed by atoms with E-state index in [0.717, 1.165) is 47.5 Å². The van der Waals surface area contributed by atoms with E-state index in [0.29, 0.717) is 47.8 Å². The summed E-state index contributed by atoms with van der Waals surface area (Å²) in [6, 6.07) is 27.1.